The minimum Gasteiger partial charge on any atom is -0.399 e. The SMILES string of the molecule is COCCN1CCC(C(=O)N2CC3(C2)OCCn2c3cc3c(N[C@H](C)c4cc(N)cc(C(F)(F)F)c4F)nc(C)nc32)CC1. The van der Waals surface area contributed by atoms with Crippen LogP contribution in [0.15, 0.2) is 18.2 Å². The van der Waals surface area contributed by atoms with Gasteiger partial charge in [0.25, 0.3) is 0 Å². The lowest BCUT2D eigenvalue weighted by Gasteiger charge is -2.52. The molecular weight excluding hydrogens is 582 g/mol. The Kier molecular flexibility index (Phi) is 7.95. The third-order valence-corrected chi connectivity index (χ3v) is 9.03. The summed E-state index contributed by atoms with van der Waals surface area (Å²) in [5.41, 5.74) is 4.71. The Morgan fingerprint density at radius 2 is 1.93 bits per heavy atom. The Hall–Kier alpha value is -3.49. The number of hydrogen-bond donors (Lipinski definition) is 2. The number of anilines is 2. The first-order chi connectivity index (χ1) is 20.9. The number of carbonyl (C=O) groups is 1. The number of halogens is 4. The van der Waals surface area contributed by atoms with Crippen LogP contribution in [0, 0.1) is 18.7 Å². The van der Waals surface area contributed by atoms with Crippen LogP contribution in [0.2, 0.25) is 0 Å². The minimum atomic E-state index is -4.89. The quantitative estimate of drug-likeness (QED) is 0.301. The fraction of sp³-hybridized carbons (Fsp3) is 0.567. The number of fused-ring (bicyclic) bond motifs is 4. The largest absolute Gasteiger partial charge is 0.419 e. The van der Waals surface area contributed by atoms with Crippen LogP contribution in [0.25, 0.3) is 11.0 Å². The summed E-state index contributed by atoms with van der Waals surface area (Å²) in [6.45, 7) is 8.38. The molecule has 1 atom stereocenters. The Labute approximate surface area is 252 Å². The lowest BCUT2D eigenvalue weighted by Crippen LogP contribution is -2.65. The highest BCUT2D eigenvalue weighted by Crippen LogP contribution is 2.43. The number of benzene rings is 1. The first-order valence-corrected chi connectivity index (χ1v) is 14.9. The van der Waals surface area contributed by atoms with Gasteiger partial charge in [0.2, 0.25) is 5.91 Å². The standard InChI is InChI=1S/C30H37F4N7O3/c1-17(21-12-20(35)13-23(25(21)31)30(32,33)34)36-26-22-14-24-29(44-11-9-41(24)27(22)38-18(2)37-26)15-40(16-29)28(42)19-4-6-39(7-5-19)8-10-43-3/h12-14,17,19H,4-11,15-16,35H2,1-3H3,(H,36,37,38)/t17-/m1/s1. The fourth-order valence-corrected chi connectivity index (χ4v) is 6.69. The Balaban J connectivity index is 1.23. The van der Waals surface area contributed by atoms with Crippen molar-refractivity contribution in [1.29, 1.82) is 0 Å². The van der Waals surface area contributed by atoms with Gasteiger partial charge in [0.15, 0.2) is 0 Å². The zero-order valence-electron chi connectivity index (χ0n) is 25.0. The lowest BCUT2D eigenvalue weighted by atomic mass is 9.86. The van der Waals surface area contributed by atoms with Gasteiger partial charge in [0.1, 0.15) is 28.7 Å². The molecule has 1 amide bonds. The summed E-state index contributed by atoms with van der Waals surface area (Å²) >= 11 is 0. The zero-order valence-corrected chi connectivity index (χ0v) is 25.0. The van der Waals surface area contributed by atoms with Crippen LogP contribution in [0.3, 0.4) is 0 Å². The lowest BCUT2D eigenvalue weighted by molar-refractivity contribution is -0.186. The maximum atomic E-state index is 15.0. The molecule has 2 fully saturated rings. The Morgan fingerprint density at radius 1 is 1.20 bits per heavy atom. The number of nitrogens with zero attached hydrogens (tertiary/aromatic N) is 5. The van der Waals surface area contributed by atoms with E-state index in [-0.39, 0.29) is 23.1 Å². The molecule has 44 heavy (non-hydrogen) atoms. The highest BCUT2D eigenvalue weighted by molar-refractivity contribution is 5.89. The van der Waals surface area contributed by atoms with Crippen molar-refractivity contribution >= 4 is 28.4 Å². The van der Waals surface area contributed by atoms with Crippen LogP contribution in [-0.4, -0.2) is 83.3 Å². The average molecular weight is 620 g/mol. The number of aromatic nitrogens is 3. The van der Waals surface area contributed by atoms with Gasteiger partial charge in [-0.1, -0.05) is 0 Å². The van der Waals surface area contributed by atoms with Crippen molar-refractivity contribution in [3.63, 3.8) is 0 Å². The maximum Gasteiger partial charge on any atom is 0.419 e. The van der Waals surface area contributed by atoms with Crippen LogP contribution < -0.4 is 11.1 Å². The zero-order chi connectivity index (χ0) is 31.4. The third-order valence-electron chi connectivity index (χ3n) is 9.03. The molecule has 3 aromatic rings. The molecule has 0 saturated carbocycles. The molecule has 0 aliphatic carbocycles. The van der Waals surface area contributed by atoms with Crippen molar-refractivity contribution in [3.05, 3.63) is 46.7 Å². The van der Waals surface area contributed by atoms with E-state index in [9.17, 15) is 18.0 Å². The fourth-order valence-electron chi connectivity index (χ4n) is 6.69. The number of hydrogen-bond acceptors (Lipinski definition) is 8. The van der Waals surface area contributed by atoms with Crippen molar-refractivity contribution in [3.8, 4) is 0 Å². The van der Waals surface area contributed by atoms with E-state index in [1.54, 1.807) is 21.0 Å². The van der Waals surface area contributed by atoms with Gasteiger partial charge in [0, 0.05) is 37.4 Å². The number of nitrogens with one attached hydrogen (secondary N) is 1. The summed E-state index contributed by atoms with van der Waals surface area (Å²) in [5, 5.41) is 3.74. The molecule has 1 aromatic carbocycles. The molecule has 3 aliphatic heterocycles. The molecule has 1 spiro atoms. The van der Waals surface area contributed by atoms with Gasteiger partial charge in [-0.25, -0.2) is 14.4 Å². The first-order valence-electron chi connectivity index (χ1n) is 14.9. The number of nitrogens with two attached hydrogens (primary N) is 1. The first kappa shape index (κ1) is 30.5. The number of amides is 1. The predicted octanol–water partition coefficient (Wildman–Crippen LogP) is 4.08. The van der Waals surface area contributed by atoms with Crippen molar-refractivity contribution in [2.24, 2.45) is 5.92 Å². The number of rotatable bonds is 7. The number of methoxy groups -OCH3 is 1. The van der Waals surface area contributed by atoms with E-state index in [2.05, 4.69) is 24.8 Å². The second kappa shape index (κ2) is 11.5. The predicted molar refractivity (Wildman–Crippen MR) is 155 cm³/mol. The number of piperidine rings is 1. The van der Waals surface area contributed by atoms with Crippen molar-refractivity contribution < 1.29 is 31.8 Å². The van der Waals surface area contributed by atoms with Gasteiger partial charge >= 0.3 is 6.18 Å². The monoisotopic (exact) mass is 619 g/mol. The molecule has 5 heterocycles. The summed E-state index contributed by atoms with van der Waals surface area (Å²) in [4.78, 5) is 26.8. The Bertz CT molecular complexity index is 1560. The van der Waals surface area contributed by atoms with Crippen LogP contribution in [0.1, 0.15) is 48.5 Å². The number of aryl methyl sites for hydroxylation is 1. The molecule has 0 bridgehead atoms. The number of ether oxygens (including phenoxy) is 2. The molecule has 0 radical (unpaired) electrons. The van der Waals surface area contributed by atoms with Crippen molar-refractivity contribution in [2.45, 2.75) is 51.1 Å². The average Bonchev–Trinajstić information content (AvgIpc) is 3.34. The van der Waals surface area contributed by atoms with E-state index in [1.165, 1.54) is 6.07 Å². The van der Waals surface area contributed by atoms with Gasteiger partial charge in [-0.05, 0) is 58.0 Å². The topological polar surface area (TPSA) is 111 Å². The molecule has 0 unspecified atom stereocenters. The van der Waals surface area contributed by atoms with Crippen LogP contribution in [0.4, 0.5) is 29.1 Å². The van der Waals surface area contributed by atoms with Crippen molar-refractivity contribution in [1.82, 2.24) is 24.3 Å². The summed E-state index contributed by atoms with van der Waals surface area (Å²) < 4.78 is 69.0. The second-order valence-corrected chi connectivity index (χ2v) is 12.0. The van der Waals surface area contributed by atoms with E-state index >= 15 is 4.39 Å². The summed E-state index contributed by atoms with van der Waals surface area (Å²) in [6.07, 6.45) is -3.26. The Morgan fingerprint density at radius 3 is 2.61 bits per heavy atom. The molecule has 3 N–H and O–H groups in total. The molecule has 10 nitrogen and oxygen atoms in total. The highest BCUT2D eigenvalue weighted by Gasteiger charge is 2.52. The highest BCUT2D eigenvalue weighted by atomic mass is 19.4. The summed E-state index contributed by atoms with van der Waals surface area (Å²) in [7, 11) is 1.69. The third kappa shape index (κ3) is 5.47. The van der Waals surface area contributed by atoms with Gasteiger partial charge in [0.05, 0.1) is 49.0 Å². The van der Waals surface area contributed by atoms with Crippen LogP contribution in [-0.2, 0) is 32.6 Å². The van der Waals surface area contributed by atoms with E-state index in [0.717, 1.165) is 38.2 Å². The number of carbonyl (C=O) groups excluding carboxylic acids is 1. The summed E-state index contributed by atoms with van der Waals surface area (Å²) in [6, 6.07) is 2.82. The van der Waals surface area contributed by atoms with E-state index in [0.29, 0.717) is 61.6 Å². The van der Waals surface area contributed by atoms with Crippen LogP contribution in [0.5, 0.6) is 0 Å². The number of likely N-dealkylation sites (tertiary alicyclic amines) is 2. The van der Waals surface area contributed by atoms with Gasteiger partial charge in [-0.2, -0.15) is 13.2 Å². The normalized spacial score (nSPS) is 19.7. The molecule has 6 rings (SSSR count). The molecule has 2 aromatic heterocycles. The van der Waals surface area contributed by atoms with Gasteiger partial charge in [-0.15, -0.1) is 0 Å². The molecule has 2 saturated heterocycles. The smallest absolute Gasteiger partial charge is 0.399 e. The number of alkyl halides is 3. The van der Waals surface area contributed by atoms with E-state index < -0.39 is 29.2 Å². The molecular formula is C30H37F4N7O3. The van der Waals surface area contributed by atoms with Crippen molar-refractivity contribution in [2.75, 3.05) is 64.1 Å². The molecule has 3 aliphatic rings. The molecule has 238 valence electrons. The number of nitrogen functional groups attached to an aromatic ring is 1. The van der Waals surface area contributed by atoms with Gasteiger partial charge in [-0.3, -0.25) is 4.79 Å². The van der Waals surface area contributed by atoms with Crippen LogP contribution >= 0.6 is 0 Å². The van der Waals surface area contributed by atoms with E-state index in [4.69, 9.17) is 15.2 Å². The van der Waals surface area contributed by atoms with Gasteiger partial charge < -0.3 is 34.9 Å². The minimum absolute atomic E-state index is 0.0170. The second-order valence-electron chi connectivity index (χ2n) is 12.0. The summed E-state index contributed by atoms with van der Waals surface area (Å²) in [5.74, 6) is -0.443. The molecule has 14 heteroatoms. The van der Waals surface area contributed by atoms with E-state index in [1.807, 2.05) is 11.0 Å². The maximum absolute atomic E-state index is 15.0.